The lowest BCUT2D eigenvalue weighted by Gasteiger charge is -2.10. The van der Waals surface area contributed by atoms with Crippen LogP contribution in [0.5, 0.6) is 5.75 Å². The highest BCUT2D eigenvalue weighted by molar-refractivity contribution is 9.10. The number of hydrogen-bond acceptors (Lipinski definition) is 2. The van der Waals surface area contributed by atoms with Gasteiger partial charge in [0, 0.05) is 11.0 Å². The Hall–Kier alpha value is -2.02. The minimum atomic E-state index is -4.37. The summed E-state index contributed by atoms with van der Waals surface area (Å²) in [6, 6.07) is 9.62. The Bertz CT molecular complexity index is 699. The number of rotatable bonds is 4. The molecule has 122 valence electrons. The van der Waals surface area contributed by atoms with E-state index in [1.165, 1.54) is 19.2 Å². The highest BCUT2D eigenvalue weighted by Gasteiger charge is 2.29. The number of methoxy groups -OCH3 is 1. The summed E-state index contributed by atoms with van der Waals surface area (Å²) in [6.45, 7) is 0.126. The standard InChI is InChI=1S/C16H13BrF3NO2/c1-23-12-6-7-14(17)13(8-12)15(22)21-9-10-2-4-11(5-3-10)16(18,19)20/h2-8H,9H2,1H3,(H,21,22). The van der Waals surface area contributed by atoms with Crippen LogP contribution in [-0.4, -0.2) is 13.0 Å². The van der Waals surface area contributed by atoms with E-state index in [0.29, 0.717) is 21.3 Å². The lowest BCUT2D eigenvalue weighted by atomic mass is 10.1. The van der Waals surface area contributed by atoms with Crippen molar-refractivity contribution in [2.24, 2.45) is 0 Å². The van der Waals surface area contributed by atoms with Crippen LogP contribution in [0.25, 0.3) is 0 Å². The monoisotopic (exact) mass is 387 g/mol. The summed E-state index contributed by atoms with van der Waals surface area (Å²) in [7, 11) is 1.49. The van der Waals surface area contributed by atoms with Gasteiger partial charge in [0.2, 0.25) is 0 Å². The fourth-order valence-electron chi connectivity index (χ4n) is 1.89. The second-order valence-corrected chi connectivity index (χ2v) is 5.58. The minimum absolute atomic E-state index is 0.126. The molecule has 2 rings (SSSR count). The molecule has 0 spiro atoms. The molecule has 0 aliphatic carbocycles. The average molecular weight is 388 g/mol. The van der Waals surface area contributed by atoms with Crippen LogP contribution in [0.1, 0.15) is 21.5 Å². The number of alkyl halides is 3. The molecule has 0 aromatic heterocycles. The SMILES string of the molecule is COc1ccc(Br)c(C(=O)NCc2ccc(C(F)(F)F)cc2)c1. The van der Waals surface area contributed by atoms with Crippen LogP contribution in [0.4, 0.5) is 13.2 Å². The summed E-state index contributed by atoms with van der Waals surface area (Å²) in [5, 5.41) is 2.66. The van der Waals surface area contributed by atoms with E-state index in [9.17, 15) is 18.0 Å². The number of halogens is 4. The average Bonchev–Trinajstić information content (AvgIpc) is 2.52. The van der Waals surface area contributed by atoms with Crippen molar-refractivity contribution in [1.29, 1.82) is 0 Å². The smallest absolute Gasteiger partial charge is 0.416 e. The van der Waals surface area contributed by atoms with Crippen LogP contribution in [0.2, 0.25) is 0 Å². The zero-order valence-corrected chi connectivity index (χ0v) is 13.7. The van der Waals surface area contributed by atoms with E-state index in [1.807, 2.05) is 0 Å². The Kier molecular flexibility index (Phi) is 5.30. The Labute approximate surface area is 139 Å². The van der Waals surface area contributed by atoms with Gasteiger partial charge < -0.3 is 10.1 Å². The van der Waals surface area contributed by atoms with Gasteiger partial charge in [0.25, 0.3) is 5.91 Å². The Balaban J connectivity index is 2.05. The lowest BCUT2D eigenvalue weighted by molar-refractivity contribution is -0.137. The predicted molar refractivity (Wildman–Crippen MR) is 83.3 cm³/mol. The number of benzene rings is 2. The van der Waals surface area contributed by atoms with Crippen molar-refractivity contribution >= 4 is 21.8 Å². The summed E-state index contributed by atoms with van der Waals surface area (Å²) < 4.78 is 43.1. The summed E-state index contributed by atoms with van der Waals surface area (Å²) in [5.41, 5.74) is 0.241. The van der Waals surface area contributed by atoms with Crippen molar-refractivity contribution < 1.29 is 22.7 Å². The second kappa shape index (κ2) is 7.04. The summed E-state index contributed by atoms with van der Waals surface area (Å²) in [5.74, 6) is 0.184. The molecule has 3 nitrogen and oxygen atoms in total. The maximum Gasteiger partial charge on any atom is 0.416 e. The molecule has 0 aliphatic rings. The maximum atomic E-state index is 12.5. The molecule has 23 heavy (non-hydrogen) atoms. The van der Waals surface area contributed by atoms with Crippen LogP contribution in [-0.2, 0) is 12.7 Å². The molecule has 0 fully saturated rings. The first kappa shape index (κ1) is 17.3. The van der Waals surface area contributed by atoms with Crippen molar-refractivity contribution in [2.45, 2.75) is 12.7 Å². The van der Waals surface area contributed by atoms with E-state index >= 15 is 0 Å². The van der Waals surface area contributed by atoms with Crippen molar-refractivity contribution in [2.75, 3.05) is 7.11 Å². The molecule has 0 atom stereocenters. The van der Waals surface area contributed by atoms with Crippen molar-refractivity contribution in [3.05, 3.63) is 63.6 Å². The topological polar surface area (TPSA) is 38.3 Å². The molecule has 0 saturated carbocycles. The normalized spacial score (nSPS) is 11.2. The molecule has 0 bridgehead atoms. The van der Waals surface area contributed by atoms with Gasteiger partial charge in [-0.1, -0.05) is 12.1 Å². The molecule has 2 aromatic rings. The van der Waals surface area contributed by atoms with Gasteiger partial charge in [-0.05, 0) is 51.8 Å². The van der Waals surface area contributed by atoms with Gasteiger partial charge in [-0.15, -0.1) is 0 Å². The molecular weight excluding hydrogens is 375 g/mol. The van der Waals surface area contributed by atoms with Gasteiger partial charge in [0.1, 0.15) is 5.75 Å². The molecule has 0 heterocycles. The van der Waals surface area contributed by atoms with Gasteiger partial charge in [-0.2, -0.15) is 13.2 Å². The van der Waals surface area contributed by atoms with Gasteiger partial charge >= 0.3 is 6.18 Å². The van der Waals surface area contributed by atoms with Crippen LogP contribution >= 0.6 is 15.9 Å². The van der Waals surface area contributed by atoms with E-state index < -0.39 is 11.7 Å². The lowest BCUT2D eigenvalue weighted by Crippen LogP contribution is -2.23. The number of ether oxygens (including phenoxy) is 1. The molecule has 2 aromatic carbocycles. The van der Waals surface area contributed by atoms with E-state index in [4.69, 9.17) is 4.74 Å². The zero-order chi connectivity index (χ0) is 17.0. The van der Waals surface area contributed by atoms with E-state index in [0.717, 1.165) is 12.1 Å². The van der Waals surface area contributed by atoms with Gasteiger partial charge in [-0.25, -0.2) is 0 Å². The quantitative estimate of drug-likeness (QED) is 0.843. The summed E-state index contributed by atoms with van der Waals surface area (Å²) >= 11 is 3.28. The number of hydrogen-bond donors (Lipinski definition) is 1. The molecular formula is C16H13BrF3NO2. The van der Waals surface area contributed by atoms with Gasteiger partial charge in [-0.3, -0.25) is 4.79 Å². The Morgan fingerprint density at radius 3 is 2.39 bits per heavy atom. The molecule has 0 aliphatic heterocycles. The fourth-order valence-corrected chi connectivity index (χ4v) is 2.32. The highest BCUT2D eigenvalue weighted by atomic mass is 79.9. The second-order valence-electron chi connectivity index (χ2n) is 4.72. The van der Waals surface area contributed by atoms with E-state index in [1.54, 1.807) is 18.2 Å². The first-order valence-corrected chi connectivity index (χ1v) is 7.38. The number of carbonyl (C=O) groups excluding carboxylic acids is 1. The number of carbonyl (C=O) groups is 1. The predicted octanol–water partition coefficient (Wildman–Crippen LogP) is 4.41. The molecule has 0 radical (unpaired) electrons. The van der Waals surface area contributed by atoms with Gasteiger partial charge in [0.15, 0.2) is 0 Å². The Morgan fingerprint density at radius 2 is 1.83 bits per heavy atom. The fraction of sp³-hybridized carbons (Fsp3) is 0.188. The van der Waals surface area contributed by atoms with Crippen LogP contribution in [0, 0.1) is 0 Å². The molecule has 0 unspecified atom stereocenters. The van der Waals surface area contributed by atoms with E-state index in [2.05, 4.69) is 21.2 Å². The highest BCUT2D eigenvalue weighted by Crippen LogP contribution is 2.29. The zero-order valence-electron chi connectivity index (χ0n) is 12.1. The van der Waals surface area contributed by atoms with E-state index in [-0.39, 0.29) is 12.5 Å². The minimum Gasteiger partial charge on any atom is -0.497 e. The number of amides is 1. The molecule has 0 saturated heterocycles. The largest absolute Gasteiger partial charge is 0.497 e. The van der Waals surface area contributed by atoms with Gasteiger partial charge in [0.05, 0.1) is 18.2 Å². The first-order chi connectivity index (χ1) is 10.8. The number of nitrogens with one attached hydrogen (secondary N) is 1. The third-order valence-corrected chi connectivity index (χ3v) is 3.84. The van der Waals surface area contributed by atoms with Crippen LogP contribution in [0.15, 0.2) is 46.9 Å². The third-order valence-electron chi connectivity index (χ3n) is 3.15. The molecule has 1 N–H and O–H groups in total. The summed E-state index contributed by atoms with van der Waals surface area (Å²) in [6.07, 6.45) is -4.37. The van der Waals surface area contributed by atoms with Crippen molar-refractivity contribution in [1.82, 2.24) is 5.32 Å². The Morgan fingerprint density at radius 1 is 1.17 bits per heavy atom. The molecule has 1 amide bonds. The summed E-state index contributed by atoms with van der Waals surface area (Å²) in [4.78, 5) is 12.2. The first-order valence-electron chi connectivity index (χ1n) is 6.59. The van der Waals surface area contributed by atoms with Crippen molar-refractivity contribution in [3.8, 4) is 5.75 Å². The maximum absolute atomic E-state index is 12.5. The van der Waals surface area contributed by atoms with Crippen LogP contribution in [0.3, 0.4) is 0 Å². The van der Waals surface area contributed by atoms with Crippen molar-refractivity contribution in [3.63, 3.8) is 0 Å². The van der Waals surface area contributed by atoms with Crippen LogP contribution < -0.4 is 10.1 Å². The third kappa shape index (κ3) is 4.48. The molecule has 7 heteroatoms.